The van der Waals surface area contributed by atoms with E-state index in [1.807, 2.05) is 0 Å². The van der Waals surface area contributed by atoms with Crippen molar-refractivity contribution in [1.82, 2.24) is 0 Å². The van der Waals surface area contributed by atoms with Crippen LogP contribution in [0.1, 0.15) is 10.4 Å². The third-order valence-electron chi connectivity index (χ3n) is 1.92. The van der Waals surface area contributed by atoms with Crippen LogP contribution >= 0.6 is 23.2 Å². The Morgan fingerprint density at radius 2 is 1.94 bits per heavy atom. The predicted octanol–water partition coefficient (Wildman–Crippen LogP) is 2.43. The Labute approximate surface area is 107 Å². The Balaban J connectivity index is 3.50. The summed E-state index contributed by atoms with van der Waals surface area (Å²) < 4.78 is 35.3. The van der Waals surface area contributed by atoms with Crippen molar-refractivity contribution in [3.8, 4) is 0 Å². The molecule has 1 N–H and O–H groups in total. The van der Waals surface area contributed by atoms with Crippen LogP contribution in [0.3, 0.4) is 0 Å². The molecule has 0 radical (unpaired) electrons. The molecule has 0 bridgehead atoms. The van der Waals surface area contributed by atoms with E-state index in [9.17, 15) is 17.6 Å². The number of carboxylic acid groups (broad SMARTS) is 1. The summed E-state index contributed by atoms with van der Waals surface area (Å²) in [6.07, 6.45) is 0. The highest BCUT2D eigenvalue weighted by atomic mass is 35.5. The molecule has 0 saturated carbocycles. The molecule has 4 nitrogen and oxygen atoms in total. The van der Waals surface area contributed by atoms with Crippen LogP contribution in [0.2, 0.25) is 10.0 Å². The molecular weight excluding hydrogens is 294 g/mol. The first-order valence-electron chi connectivity index (χ1n) is 4.30. The summed E-state index contributed by atoms with van der Waals surface area (Å²) in [4.78, 5) is 10.3. The van der Waals surface area contributed by atoms with E-state index >= 15 is 0 Å². The van der Waals surface area contributed by atoms with Crippen molar-refractivity contribution in [2.24, 2.45) is 0 Å². The third-order valence-corrected chi connectivity index (χ3v) is 4.34. The lowest BCUT2D eigenvalue weighted by Gasteiger charge is -2.08. The van der Waals surface area contributed by atoms with E-state index in [4.69, 9.17) is 28.3 Å². The lowest BCUT2D eigenvalue weighted by atomic mass is 10.2. The number of sulfone groups is 1. The minimum absolute atomic E-state index is 0.0933. The van der Waals surface area contributed by atoms with Crippen LogP contribution in [-0.2, 0) is 9.84 Å². The van der Waals surface area contributed by atoms with Gasteiger partial charge in [0.2, 0.25) is 0 Å². The SMILES string of the molecule is O=C(O)c1cc(Cl)cc(S(=O)(=O)CCF)c1Cl. The normalized spacial score (nSPS) is 11.5. The van der Waals surface area contributed by atoms with Gasteiger partial charge in [-0.3, -0.25) is 0 Å². The first-order chi connectivity index (χ1) is 7.79. The van der Waals surface area contributed by atoms with E-state index in [0.717, 1.165) is 12.1 Å². The summed E-state index contributed by atoms with van der Waals surface area (Å²) in [7, 11) is -3.97. The molecule has 94 valence electrons. The minimum Gasteiger partial charge on any atom is -0.478 e. The molecular formula is C9H7Cl2FO4S. The van der Waals surface area contributed by atoms with E-state index in [1.54, 1.807) is 0 Å². The average Bonchev–Trinajstić information content (AvgIpc) is 2.20. The van der Waals surface area contributed by atoms with Crippen molar-refractivity contribution in [3.05, 3.63) is 27.7 Å². The Morgan fingerprint density at radius 3 is 2.41 bits per heavy atom. The van der Waals surface area contributed by atoms with Gasteiger partial charge in [-0.05, 0) is 12.1 Å². The molecule has 17 heavy (non-hydrogen) atoms. The molecule has 1 rings (SSSR count). The maximum absolute atomic E-state index is 12.1. The standard InChI is InChI=1S/C9H7Cl2FO4S/c10-5-3-6(9(13)14)8(11)7(4-5)17(15,16)2-1-12/h3-4H,1-2H2,(H,13,14). The first-order valence-corrected chi connectivity index (χ1v) is 6.71. The number of carbonyl (C=O) groups is 1. The van der Waals surface area contributed by atoms with Crippen molar-refractivity contribution in [2.75, 3.05) is 12.4 Å². The molecule has 1 aromatic carbocycles. The van der Waals surface area contributed by atoms with Gasteiger partial charge < -0.3 is 5.11 Å². The molecule has 0 aliphatic heterocycles. The zero-order chi connectivity index (χ0) is 13.2. The number of aromatic carboxylic acids is 1. The molecule has 0 heterocycles. The van der Waals surface area contributed by atoms with E-state index in [0.29, 0.717) is 0 Å². The van der Waals surface area contributed by atoms with Gasteiger partial charge in [-0.2, -0.15) is 0 Å². The van der Waals surface area contributed by atoms with Gasteiger partial charge in [0.25, 0.3) is 0 Å². The second kappa shape index (κ2) is 5.20. The summed E-state index contributed by atoms with van der Waals surface area (Å²) in [5.74, 6) is -2.18. The fourth-order valence-corrected chi connectivity index (χ4v) is 3.10. The molecule has 0 aliphatic carbocycles. The third kappa shape index (κ3) is 3.08. The highest BCUT2D eigenvalue weighted by molar-refractivity contribution is 7.91. The van der Waals surface area contributed by atoms with E-state index in [-0.39, 0.29) is 5.02 Å². The van der Waals surface area contributed by atoms with Crippen LogP contribution in [0.25, 0.3) is 0 Å². The summed E-state index contributed by atoms with van der Waals surface area (Å²) in [6, 6.07) is 2.03. The van der Waals surface area contributed by atoms with Crippen LogP contribution in [0.4, 0.5) is 4.39 Å². The Morgan fingerprint density at radius 1 is 1.35 bits per heavy atom. The Bertz CT molecular complexity index is 556. The molecule has 1 aromatic rings. The lowest BCUT2D eigenvalue weighted by molar-refractivity contribution is 0.0697. The average molecular weight is 301 g/mol. The number of halogens is 3. The first kappa shape index (κ1) is 14.2. The molecule has 0 aromatic heterocycles. The van der Waals surface area contributed by atoms with Gasteiger partial charge in [-0.25, -0.2) is 17.6 Å². The van der Waals surface area contributed by atoms with Crippen LogP contribution in [0, 0.1) is 0 Å². The predicted molar refractivity (Wildman–Crippen MR) is 61.4 cm³/mol. The van der Waals surface area contributed by atoms with Crippen molar-refractivity contribution in [1.29, 1.82) is 0 Å². The second-order valence-corrected chi connectivity index (χ2v) is 5.97. The topological polar surface area (TPSA) is 71.4 Å². The van der Waals surface area contributed by atoms with Crippen LogP contribution in [-0.4, -0.2) is 31.9 Å². The summed E-state index contributed by atoms with van der Waals surface area (Å²) in [5.41, 5.74) is -0.434. The summed E-state index contributed by atoms with van der Waals surface area (Å²) in [6.45, 7) is -1.09. The highest BCUT2D eigenvalue weighted by Crippen LogP contribution is 2.30. The van der Waals surface area contributed by atoms with Crippen LogP contribution < -0.4 is 0 Å². The fraction of sp³-hybridized carbons (Fsp3) is 0.222. The van der Waals surface area contributed by atoms with Crippen molar-refractivity contribution < 1.29 is 22.7 Å². The molecule has 0 aliphatic rings. The maximum Gasteiger partial charge on any atom is 0.337 e. The zero-order valence-corrected chi connectivity index (χ0v) is 10.6. The number of rotatable bonds is 4. The van der Waals surface area contributed by atoms with Gasteiger partial charge in [0, 0.05) is 5.02 Å². The van der Waals surface area contributed by atoms with Crippen LogP contribution in [0.5, 0.6) is 0 Å². The van der Waals surface area contributed by atoms with Crippen molar-refractivity contribution >= 4 is 39.0 Å². The number of hydrogen-bond donors (Lipinski definition) is 1. The number of hydrogen-bond acceptors (Lipinski definition) is 3. The summed E-state index contributed by atoms with van der Waals surface area (Å²) in [5, 5.41) is 8.24. The van der Waals surface area contributed by atoms with Gasteiger partial charge in [0.05, 0.1) is 21.2 Å². The molecule has 0 atom stereocenters. The van der Waals surface area contributed by atoms with Gasteiger partial charge in [-0.1, -0.05) is 23.2 Å². The van der Waals surface area contributed by atoms with Gasteiger partial charge in [0.15, 0.2) is 9.84 Å². The highest BCUT2D eigenvalue weighted by Gasteiger charge is 2.23. The second-order valence-electron chi connectivity index (χ2n) is 3.08. The van der Waals surface area contributed by atoms with Crippen molar-refractivity contribution in [3.63, 3.8) is 0 Å². The lowest BCUT2D eigenvalue weighted by Crippen LogP contribution is -2.11. The van der Waals surface area contributed by atoms with Gasteiger partial charge >= 0.3 is 5.97 Å². The quantitative estimate of drug-likeness (QED) is 0.927. The molecule has 0 fully saturated rings. The molecule has 8 heteroatoms. The smallest absolute Gasteiger partial charge is 0.337 e. The zero-order valence-electron chi connectivity index (χ0n) is 8.28. The van der Waals surface area contributed by atoms with E-state index in [1.165, 1.54) is 0 Å². The monoisotopic (exact) mass is 300 g/mol. The van der Waals surface area contributed by atoms with Gasteiger partial charge in [-0.15, -0.1) is 0 Å². The Kier molecular flexibility index (Phi) is 4.35. The maximum atomic E-state index is 12.1. The van der Waals surface area contributed by atoms with E-state index < -0.39 is 43.7 Å². The Hall–Kier alpha value is -0.850. The minimum atomic E-state index is -3.97. The van der Waals surface area contributed by atoms with Crippen molar-refractivity contribution in [2.45, 2.75) is 4.90 Å². The van der Waals surface area contributed by atoms with Crippen LogP contribution in [0.15, 0.2) is 17.0 Å². The number of alkyl halides is 1. The van der Waals surface area contributed by atoms with Gasteiger partial charge in [0.1, 0.15) is 6.67 Å². The van der Waals surface area contributed by atoms with E-state index in [2.05, 4.69) is 0 Å². The summed E-state index contributed by atoms with van der Waals surface area (Å²) >= 11 is 11.2. The molecule has 0 amide bonds. The molecule has 0 unspecified atom stereocenters. The molecule has 0 spiro atoms. The number of carboxylic acids is 1. The largest absolute Gasteiger partial charge is 0.478 e. The number of benzene rings is 1. The fourth-order valence-electron chi connectivity index (χ4n) is 1.16. The molecule has 0 saturated heterocycles.